The Kier molecular flexibility index (Phi) is 5.08. The Hall–Kier alpha value is -2.67. The molecule has 7 heteroatoms. The molecule has 1 aromatic carbocycles. The zero-order valence-electron chi connectivity index (χ0n) is 15.3. The summed E-state index contributed by atoms with van der Waals surface area (Å²) in [6, 6.07) is 6.59. The molecular weight excluding hydrogens is 330 g/mol. The fourth-order valence-electron chi connectivity index (χ4n) is 3.37. The third kappa shape index (κ3) is 3.48. The first-order valence-corrected chi connectivity index (χ1v) is 8.82. The number of likely N-dealkylation sites (tertiary alicyclic amines) is 1. The van der Waals surface area contributed by atoms with Crippen LogP contribution in [0.3, 0.4) is 0 Å². The monoisotopic (exact) mass is 355 g/mol. The average molecular weight is 355 g/mol. The molecular formula is C19H25N5O2. The zero-order chi connectivity index (χ0) is 18.8. The predicted molar refractivity (Wildman–Crippen MR) is 99.3 cm³/mol. The van der Waals surface area contributed by atoms with Gasteiger partial charge in [-0.05, 0) is 26.3 Å². The highest BCUT2D eigenvalue weighted by Gasteiger charge is 2.39. The van der Waals surface area contributed by atoms with Gasteiger partial charge in [-0.2, -0.15) is 0 Å². The summed E-state index contributed by atoms with van der Waals surface area (Å²) < 4.78 is 1.87. The van der Waals surface area contributed by atoms with Crippen LogP contribution < -0.4 is 11.1 Å². The molecule has 1 aliphatic rings. The fraction of sp³-hybridized carbons (Fsp3) is 0.421. The van der Waals surface area contributed by atoms with E-state index in [1.54, 1.807) is 17.2 Å². The Labute approximate surface area is 153 Å². The van der Waals surface area contributed by atoms with Crippen LogP contribution in [0.1, 0.15) is 30.6 Å². The van der Waals surface area contributed by atoms with Crippen LogP contribution in [0.5, 0.6) is 0 Å². The van der Waals surface area contributed by atoms with E-state index < -0.39 is 6.04 Å². The van der Waals surface area contributed by atoms with Crippen LogP contribution in [0.25, 0.3) is 11.4 Å². The Morgan fingerprint density at radius 2 is 2.04 bits per heavy atom. The van der Waals surface area contributed by atoms with Crippen molar-refractivity contribution in [1.29, 1.82) is 0 Å². The molecule has 3 N–H and O–H groups in total. The van der Waals surface area contributed by atoms with Gasteiger partial charge in [0.25, 0.3) is 5.91 Å². The van der Waals surface area contributed by atoms with Crippen molar-refractivity contribution in [3.05, 3.63) is 42.2 Å². The van der Waals surface area contributed by atoms with E-state index in [4.69, 9.17) is 5.73 Å². The first-order chi connectivity index (χ1) is 12.4. The topological polar surface area (TPSA) is 93.2 Å². The zero-order valence-corrected chi connectivity index (χ0v) is 15.3. The Morgan fingerprint density at radius 1 is 1.31 bits per heavy atom. The van der Waals surface area contributed by atoms with E-state index in [0.717, 1.165) is 5.56 Å². The van der Waals surface area contributed by atoms with Gasteiger partial charge in [-0.3, -0.25) is 9.59 Å². The molecule has 7 nitrogen and oxygen atoms in total. The van der Waals surface area contributed by atoms with Gasteiger partial charge in [0.05, 0.1) is 5.56 Å². The average Bonchev–Trinajstić information content (AvgIpc) is 3.19. The maximum atomic E-state index is 13.3. The highest BCUT2D eigenvalue weighted by Crippen LogP contribution is 2.26. The Morgan fingerprint density at radius 3 is 2.69 bits per heavy atom. The summed E-state index contributed by atoms with van der Waals surface area (Å²) in [5.74, 6) is 0.358. The lowest BCUT2D eigenvalue weighted by Gasteiger charge is -2.25. The molecule has 2 amide bonds. The Bertz CT molecular complexity index is 814. The predicted octanol–water partition coefficient (Wildman–Crippen LogP) is 1.15. The fourth-order valence-corrected chi connectivity index (χ4v) is 3.37. The van der Waals surface area contributed by atoms with Gasteiger partial charge in [0.15, 0.2) is 0 Å². The molecule has 3 rings (SSSR count). The largest absolute Gasteiger partial charge is 0.352 e. The molecule has 2 aromatic rings. The first-order valence-electron chi connectivity index (χ1n) is 8.82. The number of rotatable bonds is 4. The van der Waals surface area contributed by atoms with Crippen LogP contribution in [0.2, 0.25) is 0 Å². The van der Waals surface area contributed by atoms with Crippen molar-refractivity contribution >= 4 is 11.8 Å². The molecule has 1 aliphatic heterocycles. The minimum Gasteiger partial charge on any atom is -0.352 e. The SMILES string of the molecule is CC(C)NC(=O)[C@@H]1C[C@H](N)CN1C(=O)c1ccccc1-c1nccn1C. The molecule has 1 aromatic heterocycles. The number of aromatic nitrogens is 2. The molecule has 2 heterocycles. The molecule has 0 bridgehead atoms. The lowest BCUT2D eigenvalue weighted by atomic mass is 10.0. The summed E-state index contributed by atoms with van der Waals surface area (Å²) in [5.41, 5.74) is 7.34. The van der Waals surface area contributed by atoms with Crippen molar-refractivity contribution in [2.45, 2.75) is 38.4 Å². The van der Waals surface area contributed by atoms with Gasteiger partial charge >= 0.3 is 0 Å². The third-order valence-electron chi connectivity index (χ3n) is 4.55. The lowest BCUT2D eigenvalue weighted by Crippen LogP contribution is -2.47. The van der Waals surface area contributed by atoms with E-state index in [1.807, 2.05) is 49.9 Å². The lowest BCUT2D eigenvalue weighted by molar-refractivity contribution is -0.125. The molecule has 26 heavy (non-hydrogen) atoms. The van der Waals surface area contributed by atoms with Crippen LogP contribution in [0.4, 0.5) is 0 Å². The number of nitrogens with two attached hydrogens (primary N) is 1. The van der Waals surface area contributed by atoms with Crippen molar-refractivity contribution in [3.8, 4) is 11.4 Å². The minimum absolute atomic E-state index is 0.0103. The van der Waals surface area contributed by atoms with E-state index in [1.165, 1.54) is 0 Å². The number of nitrogens with zero attached hydrogens (tertiary/aromatic N) is 3. The van der Waals surface area contributed by atoms with Gasteiger partial charge in [-0.1, -0.05) is 18.2 Å². The number of amides is 2. The number of carbonyl (C=O) groups excluding carboxylic acids is 2. The van der Waals surface area contributed by atoms with E-state index in [0.29, 0.717) is 24.4 Å². The molecule has 0 radical (unpaired) electrons. The van der Waals surface area contributed by atoms with Crippen LogP contribution in [-0.2, 0) is 11.8 Å². The second-order valence-corrected chi connectivity index (χ2v) is 7.04. The van der Waals surface area contributed by atoms with Gasteiger partial charge in [0, 0.05) is 43.6 Å². The number of benzene rings is 1. The maximum absolute atomic E-state index is 13.3. The van der Waals surface area contributed by atoms with Crippen LogP contribution in [-0.4, -0.2) is 50.9 Å². The molecule has 138 valence electrons. The van der Waals surface area contributed by atoms with Gasteiger partial charge < -0.3 is 20.5 Å². The summed E-state index contributed by atoms with van der Waals surface area (Å²) in [6.07, 6.45) is 4.00. The number of hydrogen-bond acceptors (Lipinski definition) is 4. The molecule has 1 saturated heterocycles. The number of aryl methyl sites for hydroxylation is 1. The summed E-state index contributed by atoms with van der Waals surface area (Å²) in [4.78, 5) is 31.8. The standard InChI is InChI=1S/C19H25N5O2/c1-12(2)22-18(25)16-10-13(20)11-24(16)19(26)15-7-5-4-6-14(15)17-21-8-9-23(17)3/h4-9,12-13,16H,10-11,20H2,1-3H3,(H,22,25)/t13-,16-/m0/s1. The number of imidazole rings is 1. The van der Waals surface area contributed by atoms with Crippen molar-refractivity contribution in [2.75, 3.05) is 6.54 Å². The number of hydrogen-bond donors (Lipinski definition) is 2. The van der Waals surface area contributed by atoms with E-state index in [2.05, 4.69) is 10.3 Å². The molecule has 0 spiro atoms. The summed E-state index contributed by atoms with van der Waals surface area (Å²) in [5, 5.41) is 2.89. The number of carbonyl (C=O) groups is 2. The Balaban J connectivity index is 1.94. The second-order valence-electron chi connectivity index (χ2n) is 7.04. The third-order valence-corrected chi connectivity index (χ3v) is 4.55. The summed E-state index contributed by atoms with van der Waals surface area (Å²) in [6.45, 7) is 4.16. The molecule has 0 saturated carbocycles. The quantitative estimate of drug-likeness (QED) is 0.860. The van der Waals surface area contributed by atoms with Crippen molar-refractivity contribution in [1.82, 2.24) is 19.8 Å². The minimum atomic E-state index is -0.547. The molecule has 2 atom stereocenters. The van der Waals surface area contributed by atoms with Gasteiger partial charge in [0.1, 0.15) is 11.9 Å². The van der Waals surface area contributed by atoms with E-state index >= 15 is 0 Å². The van der Waals surface area contributed by atoms with Gasteiger partial charge in [-0.15, -0.1) is 0 Å². The van der Waals surface area contributed by atoms with Crippen LogP contribution in [0, 0.1) is 0 Å². The summed E-state index contributed by atoms with van der Waals surface area (Å²) in [7, 11) is 1.88. The number of nitrogens with one attached hydrogen (secondary N) is 1. The van der Waals surface area contributed by atoms with Crippen molar-refractivity contribution in [2.24, 2.45) is 12.8 Å². The van der Waals surface area contributed by atoms with Crippen molar-refractivity contribution in [3.63, 3.8) is 0 Å². The highest BCUT2D eigenvalue weighted by atomic mass is 16.2. The normalized spacial score (nSPS) is 19.8. The van der Waals surface area contributed by atoms with Crippen LogP contribution >= 0.6 is 0 Å². The molecule has 1 fully saturated rings. The van der Waals surface area contributed by atoms with Crippen molar-refractivity contribution < 1.29 is 9.59 Å². The van der Waals surface area contributed by atoms with Crippen LogP contribution in [0.15, 0.2) is 36.7 Å². The second kappa shape index (κ2) is 7.29. The van der Waals surface area contributed by atoms with Gasteiger partial charge in [0.2, 0.25) is 5.91 Å². The summed E-state index contributed by atoms with van der Waals surface area (Å²) >= 11 is 0. The van der Waals surface area contributed by atoms with E-state index in [9.17, 15) is 9.59 Å². The smallest absolute Gasteiger partial charge is 0.255 e. The first kappa shape index (κ1) is 18.1. The molecule has 0 aliphatic carbocycles. The van der Waals surface area contributed by atoms with Gasteiger partial charge in [-0.25, -0.2) is 4.98 Å². The molecule has 0 unspecified atom stereocenters. The van der Waals surface area contributed by atoms with E-state index in [-0.39, 0.29) is 23.9 Å². The highest BCUT2D eigenvalue weighted by molar-refractivity contribution is 6.02. The maximum Gasteiger partial charge on any atom is 0.255 e.